The SMILES string of the molecule is O=Cc1ccc(NC/C=C/C(=O)O)cc1. The van der Waals surface area contributed by atoms with Gasteiger partial charge in [0, 0.05) is 23.9 Å². The molecule has 78 valence electrons. The third-order valence-corrected chi connectivity index (χ3v) is 1.73. The van der Waals surface area contributed by atoms with E-state index in [9.17, 15) is 9.59 Å². The van der Waals surface area contributed by atoms with Gasteiger partial charge in [-0.05, 0) is 24.3 Å². The van der Waals surface area contributed by atoms with Gasteiger partial charge in [0.15, 0.2) is 0 Å². The van der Waals surface area contributed by atoms with Crippen LogP contribution in [0.5, 0.6) is 0 Å². The van der Waals surface area contributed by atoms with Gasteiger partial charge in [0.05, 0.1) is 0 Å². The van der Waals surface area contributed by atoms with E-state index in [2.05, 4.69) is 5.32 Å². The van der Waals surface area contributed by atoms with Crippen LogP contribution in [0, 0.1) is 0 Å². The van der Waals surface area contributed by atoms with Crippen LogP contribution >= 0.6 is 0 Å². The number of anilines is 1. The average Bonchev–Trinajstić information content (AvgIpc) is 2.25. The third kappa shape index (κ3) is 4.08. The number of aliphatic carboxylic acids is 1. The molecular formula is C11H11NO3. The number of carboxylic acid groups (broad SMARTS) is 1. The van der Waals surface area contributed by atoms with Crippen LogP contribution in [0.3, 0.4) is 0 Å². The van der Waals surface area contributed by atoms with Gasteiger partial charge in [-0.2, -0.15) is 0 Å². The molecule has 0 saturated heterocycles. The Labute approximate surface area is 87.2 Å². The van der Waals surface area contributed by atoms with Crippen LogP contribution in [0.4, 0.5) is 5.69 Å². The first-order chi connectivity index (χ1) is 7.22. The molecule has 0 spiro atoms. The molecule has 0 atom stereocenters. The molecule has 1 aromatic carbocycles. The summed E-state index contributed by atoms with van der Waals surface area (Å²) in [7, 11) is 0. The molecule has 4 heteroatoms. The highest BCUT2D eigenvalue weighted by Gasteiger charge is 1.91. The van der Waals surface area contributed by atoms with Crippen molar-refractivity contribution in [3.8, 4) is 0 Å². The summed E-state index contributed by atoms with van der Waals surface area (Å²) in [6.45, 7) is 0.437. The molecule has 2 N–H and O–H groups in total. The fourth-order valence-electron chi connectivity index (χ4n) is 1.02. The Morgan fingerprint density at radius 3 is 2.53 bits per heavy atom. The molecule has 0 aliphatic carbocycles. The van der Waals surface area contributed by atoms with E-state index in [1.807, 2.05) is 0 Å². The van der Waals surface area contributed by atoms with Crippen molar-refractivity contribution in [3.05, 3.63) is 42.0 Å². The van der Waals surface area contributed by atoms with Gasteiger partial charge in [0.2, 0.25) is 0 Å². The van der Waals surface area contributed by atoms with Crippen LogP contribution in [-0.4, -0.2) is 23.9 Å². The Bertz CT molecular complexity index is 368. The summed E-state index contributed by atoms with van der Waals surface area (Å²) in [6.07, 6.45) is 3.36. The van der Waals surface area contributed by atoms with E-state index in [-0.39, 0.29) is 0 Å². The van der Waals surface area contributed by atoms with Crippen LogP contribution in [0.25, 0.3) is 0 Å². The van der Waals surface area contributed by atoms with Crippen molar-refractivity contribution >= 4 is 17.9 Å². The number of carbonyl (C=O) groups is 2. The summed E-state index contributed by atoms with van der Waals surface area (Å²) in [5.41, 5.74) is 1.46. The minimum Gasteiger partial charge on any atom is -0.478 e. The highest BCUT2D eigenvalue weighted by atomic mass is 16.4. The molecule has 0 amide bonds. The lowest BCUT2D eigenvalue weighted by Gasteiger charge is -2.02. The second-order valence-corrected chi connectivity index (χ2v) is 2.86. The van der Waals surface area contributed by atoms with Crippen LogP contribution in [0.15, 0.2) is 36.4 Å². The molecule has 0 saturated carbocycles. The van der Waals surface area contributed by atoms with Crippen molar-refractivity contribution in [2.45, 2.75) is 0 Å². The van der Waals surface area contributed by atoms with Gasteiger partial charge in [-0.3, -0.25) is 4.79 Å². The molecule has 0 aliphatic rings. The molecule has 0 aromatic heterocycles. The maximum Gasteiger partial charge on any atom is 0.328 e. The van der Waals surface area contributed by atoms with Crippen LogP contribution in [0.1, 0.15) is 10.4 Å². The Balaban J connectivity index is 2.44. The Kier molecular flexibility index (Phi) is 4.09. The lowest BCUT2D eigenvalue weighted by atomic mass is 10.2. The van der Waals surface area contributed by atoms with E-state index in [0.717, 1.165) is 18.0 Å². The van der Waals surface area contributed by atoms with E-state index in [0.29, 0.717) is 12.1 Å². The maximum atomic E-state index is 10.4. The van der Waals surface area contributed by atoms with E-state index < -0.39 is 5.97 Å². The summed E-state index contributed by atoms with van der Waals surface area (Å²) in [6, 6.07) is 6.91. The monoisotopic (exact) mass is 205 g/mol. The molecule has 1 aromatic rings. The first-order valence-electron chi connectivity index (χ1n) is 4.41. The normalized spacial score (nSPS) is 10.1. The Morgan fingerprint density at radius 1 is 1.33 bits per heavy atom. The smallest absolute Gasteiger partial charge is 0.328 e. The molecule has 0 radical (unpaired) electrons. The van der Waals surface area contributed by atoms with Crippen LogP contribution < -0.4 is 5.32 Å². The average molecular weight is 205 g/mol. The summed E-state index contributed by atoms with van der Waals surface area (Å²) < 4.78 is 0. The van der Waals surface area contributed by atoms with Crippen molar-refractivity contribution in [2.24, 2.45) is 0 Å². The largest absolute Gasteiger partial charge is 0.478 e. The summed E-state index contributed by atoms with van der Waals surface area (Å²) in [5.74, 6) is -0.965. The van der Waals surface area contributed by atoms with Gasteiger partial charge >= 0.3 is 5.97 Å². The summed E-state index contributed by atoms with van der Waals surface area (Å²) >= 11 is 0. The highest BCUT2D eigenvalue weighted by molar-refractivity contribution is 5.79. The maximum absolute atomic E-state index is 10.4. The first kappa shape index (κ1) is 11.0. The van der Waals surface area contributed by atoms with Crippen LogP contribution in [0.2, 0.25) is 0 Å². The molecule has 0 bridgehead atoms. The summed E-state index contributed by atoms with van der Waals surface area (Å²) in [4.78, 5) is 20.5. The number of benzene rings is 1. The van der Waals surface area contributed by atoms with E-state index in [1.165, 1.54) is 6.08 Å². The van der Waals surface area contributed by atoms with E-state index in [1.54, 1.807) is 24.3 Å². The lowest BCUT2D eigenvalue weighted by Crippen LogP contribution is -1.99. The lowest BCUT2D eigenvalue weighted by molar-refractivity contribution is -0.131. The van der Waals surface area contributed by atoms with Crippen LogP contribution in [-0.2, 0) is 4.79 Å². The van der Waals surface area contributed by atoms with Gasteiger partial charge in [0.1, 0.15) is 6.29 Å². The van der Waals surface area contributed by atoms with Crippen molar-refractivity contribution < 1.29 is 14.7 Å². The highest BCUT2D eigenvalue weighted by Crippen LogP contribution is 2.07. The first-order valence-corrected chi connectivity index (χ1v) is 4.41. The molecule has 1 rings (SSSR count). The number of aldehydes is 1. The molecule has 0 aliphatic heterocycles. The molecule has 0 heterocycles. The Hall–Kier alpha value is -2.10. The minimum absolute atomic E-state index is 0.437. The number of hydrogen-bond donors (Lipinski definition) is 2. The molecule has 4 nitrogen and oxygen atoms in total. The zero-order valence-corrected chi connectivity index (χ0v) is 8.01. The second kappa shape index (κ2) is 5.59. The molecule has 0 fully saturated rings. The fraction of sp³-hybridized carbons (Fsp3) is 0.0909. The van der Waals surface area contributed by atoms with Crippen molar-refractivity contribution in [2.75, 3.05) is 11.9 Å². The predicted octanol–water partition coefficient (Wildman–Crippen LogP) is 1.55. The number of carbonyl (C=O) groups excluding carboxylic acids is 1. The van der Waals surface area contributed by atoms with Gasteiger partial charge in [0.25, 0.3) is 0 Å². The van der Waals surface area contributed by atoms with Gasteiger partial charge < -0.3 is 10.4 Å². The van der Waals surface area contributed by atoms with Gasteiger partial charge in [-0.1, -0.05) is 6.08 Å². The van der Waals surface area contributed by atoms with Gasteiger partial charge in [-0.15, -0.1) is 0 Å². The quantitative estimate of drug-likeness (QED) is 0.565. The third-order valence-electron chi connectivity index (χ3n) is 1.73. The van der Waals surface area contributed by atoms with Crippen molar-refractivity contribution in [1.82, 2.24) is 0 Å². The molecular weight excluding hydrogens is 194 g/mol. The number of carboxylic acids is 1. The standard InChI is InChI=1S/C11H11NO3/c13-8-9-3-5-10(6-4-9)12-7-1-2-11(14)15/h1-6,8,12H,7H2,(H,14,15)/b2-1+. The predicted molar refractivity (Wildman–Crippen MR) is 57.1 cm³/mol. The second-order valence-electron chi connectivity index (χ2n) is 2.86. The number of rotatable bonds is 5. The molecule has 15 heavy (non-hydrogen) atoms. The zero-order chi connectivity index (χ0) is 11.1. The number of nitrogens with one attached hydrogen (secondary N) is 1. The zero-order valence-electron chi connectivity index (χ0n) is 8.01. The number of hydrogen-bond acceptors (Lipinski definition) is 3. The van der Waals surface area contributed by atoms with E-state index in [4.69, 9.17) is 5.11 Å². The topological polar surface area (TPSA) is 66.4 Å². The Morgan fingerprint density at radius 2 is 2.00 bits per heavy atom. The molecule has 0 unspecified atom stereocenters. The summed E-state index contributed by atoms with van der Waals surface area (Å²) in [5, 5.41) is 11.3. The fourth-order valence-corrected chi connectivity index (χ4v) is 1.02. The minimum atomic E-state index is -0.965. The van der Waals surface area contributed by atoms with Crippen molar-refractivity contribution in [3.63, 3.8) is 0 Å². The van der Waals surface area contributed by atoms with E-state index >= 15 is 0 Å². The van der Waals surface area contributed by atoms with Gasteiger partial charge in [-0.25, -0.2) is 4.79 Å². The van der Waals surface area contributed by atoms with Crippen molar-refractivity contribution in [1.29, 1.82) is 0 Å².